The van der Waals surface area contributed by atoms with Gasteiger partial charge in [-0.15, -0.1) is 0 Å². The van der Waals surface area contributed by atoms with Gasteiger partial charge in [0.1, 0.15) is 5.82 Å². The van der Waals surface area contributed by atoms with E-state index in [2.05, 4.69) is 22.7 Å². The number of nitrogens with two attached hydrogens (primary N) is 1. The van der Waals surface area contributed by atoms with Crippen molar-refractivity contribution in [1.29, 1.82) is 0 Å². The Hall–Kier alpha value is -0.750. The Morgan fingerprint density at radius 2 is 2.17 bits per heavy atom. The molecule has 1 fully saturated rings. The SMILES string of the molecule is CC1(CNc2nc(NN)c(Cl)cc2Cl)CCCO1. The molecule has 18 heavy (non-hydrogen) atoms. The molecule has 0 radical (unpaired) electrons. The normalized spacial score (nSPS) is 23.1. The Bertz CT molecular complexity index is 435. The van der Waals surface area contributed by atoms with Gasteiger partial charge < -0.3 is 15.5 Å². The van der Waals surface area contributed by atoms with E-state index in [4.69, 9.17) is 33.8 Å². The van der Waals surface area contributed by atoms with Crippen molar-refractivity contribution < 1.29 is 4.74 Å². The lowest BCUT2D eigenvalue weighted by Crippen LogP contribution is -2.32. The molecule has 100 valence electrons. The Labute approximate surface area is 116 Å². The number of halogens is 2. The number of hydrogen-bond donors (Lipinski definition) is 3. The van der Waals surface area contributed by atoms with Crippen molar-refractivity contribution in [3.8, 4) is 0 Å². The smallest absolute Gasteiger partial charge is 0.161 e. The molecule has 1 aliphatic heterocycles. The second-order valence-corrected chi connectivity index (χ2v) is 5.36. The molecule has 1 aliphatic rings. The first-order valence-corrected chi connectivity index (χ1v) is 6.50. The lowest BCUT2D eigenvalue weighted by atomic mass is 10.0. The minimum atomic E-state index is -0.166. The molecule has 0 aliphatic carbocycles. The van der Waals surface area contributed by atoms with Crippen LogP contribution in [0.3, 0.4) is 0 Å². The van der Waals surface area contributed by atoms with Gasteiger partial charge in [-0.05, 0) is 25.8 Å². The number of aromatic nitrogens is 1. The highest BCUT2D eigenvalue weighted by atomic mass is 35.5. The van der Waals surface area contributed by atoms with Gasteiger partial charge in [-0.25, -0.2) is 10.8 Å². The number of nitrogens with one attached hydrogen (secondary N) is 2. The molecule has 7 heteroatoms. The van der Waals surface area contributed by atoms with Gasteiger partial charge in [0.15, 0.2) is 5.82 Å². The Morgan fingerprint density at radius 3 is 2.78 bits per heavy atom. The van der Waals surface area contributed by atoms with Crippen molar-refractivity contribution in [3.63, 3.8) is 0 Å². The topological polar surface area (TPSA) is 72.2 Å². The van der Waals surface area contributed by atoms with Gasteiger partial charge in [-0.3, -0.25) is 0 Å². The van der Waals surface area contributed by atoms with Gasteiger partial charge in [0.2, 0.25) is 0 Å². The molecule has 1 saturated heterocycles. The molecule has 1 aromatic rings. The van der Waals surface area contributed by atoms with Gasteiger partial charge in [-0.1, -0.05) is 23.2 Å². The zero-order chi connectivity index (χ0) is 13.2. The van der Waals surface area contributed by atoms with Crippen LogP contribution in [-0.2, 0) is 4.74 Å². The molecule has 5 nitrogen and oxygen atoms in total. The van der Waals surface area contributed by atoms with Crippen molar-refractivity contribution in [2.24, 2.45) is 5.84 Å². The molecule has 2 heterocycles. The molecule has 1 atom stereocenters. The third-order valence-corrected chi connectivity index (χ3v) is 3.57. The first kappa shape index (κ1) is 13.7. The monoisotopic (exact) mass is 290 g/mol. The average Bonchev–Trinajstić information content (AvgIpc) is 2.76. The second-order valence-electron chi connectivity index (χ2n) is 4.55. The number of pyridine rings is 1. The van der Waals surface area contributed by atoms with E-state index in [-0.39, 0.29) is 5.60 Å². The minimum absolute atomic E-state index is 0.166. The van der Waals surface area contributed by atoms with Gasteiger partial charge in [-0.2, -0.15) is 0 Å². The summed E-state index contributed by atoms with van der Waals surface area (Å²) in [6.45, 7) is 3.51. The maximum absolute atomic E-state index is 6.07. The largest absolute Gasteiger partial charge is 0.373 e. The lowest BCUT2D eigenvalue weighted by molar-refractivity contribution is 0.0315. The highest BCUT2D eigenvalue weighted by Gasteiger charge is 2.29. The highest BCUT2D eigenvalue weighted by Crippen LogP contribution is 2.30. The van der Waals surface area contributed by atoms with Gasteiger partial charge in [0.05, 0.1) is 15.6 Å². The predicted molar refractivity (Wildman–Crippen MR) is 74.1 cm³/mol. The molecule has 0 spiro atoms. The molecule has 0 aromatic carbocycles. The van der Waals surface area contributed by atoms with E-state index in [1.165, 1.54) is 0 Å². The zero-order valence-electron chi connectivity index (χ0n) is 10.1. The number of hydrazine groups is 1. The standard InChI is InChI=1S/C11H16Cl2N4O/c1-11(3-2-4-18-11)6-15-9-7(12)5-8(13)10(16-9)17-14/h5H,2-4,6,14H2,1H3,(H2,15,16,17). The molecular formula is C11H16Cl2N4O. The van der Waals surface area contributed by atoms with Crippen LogP contribution in [0.1, 0.15) is 19.8 Å². The van der Waals surface area contributed by atoms with E-state index in [0.717, 1.165) is 19.4 Å². The second kappa shape index (κ2) is 5.48. The summed E-state index contributed by atoms with van der Waals surface area (Å²) in [5, 5.41) is 4.02. The summed E-state index contributed by atoms with van der Waals surface area (Å²) < 4.78 is 5.68. The Morgan fingerprint density at radius 1 is 1.44 bits per heavy atom. The van der Waals surface area contributed by atoms with E-state index in [0.29, 0.717) is 28.2 Å². The van der Waals surface area contributed by atoms with Gasteiger partial charge >= 0.3 is 0 Å². The van der Waals surface area contributed by atoms with E-state index >= 15 is 0 Å². The average molecular weight is 291 g/mol. The fourth-order valence-corrected chi connectivity index (χ4v) is 2.42. The third-order valence-electron chi connectivity index (χ3n) is 3.00. The fraction of sp³-hybridized carbons (Fsp3) is 0.545. The molecule has 4 N–H and O–H groups in total. The Balaban J connectivity index is 2.09. The number of anilines is 2. The van der Waals surface area contributed by atoms with Gasteiger partial charge in [0, 0.05) is 13.2 Å². The molecular weight excluding hydrogens is 275 g/mol. The molecule has 1 unspecified atom stereocenters. The lowest BCUT2D eigenvalue weighted by Gasteiger charge is -2.24. The molecule has 2 rings (SSSR count). The van der Waals surface area contributed by atoms with Crippen LogP contribution in [0.4, 0.5) is 11.6 Å². The number of hydrogen-bond acceptors (Lipinski definition) is 5. The van der Waals surface area contributed by atoms with Crippen LogP contribution in [0.5, 0.6) is 0 Å². The summed E-state index contributed by atoms with van der Waals surface area (Å²) in [4.78, 5) is 4.22. The highest BCUT2D eigenvalue weighted by molar-refractivity contribution is 6.37. The van der Waals surface area contributed by atoms with Crippen molar-refractivity contribution in [2.75, 3.05) is 23.9 Å². The maximum atomic E-state index is 6.07. The first-order chi connectivity index (χ1) is 8.54. The molecule has 1 aromatic heterocycles. The van der Waals surface area contributed by atoms with E-state index in [1.54, 1.807) is 6.07 Å². The van der Waals surface area contributed by atoms with E-state index < -0.39 is 0 Å². The number of rotatable bonds is 4. The van der Waals surface area contributed by atoms with Crippen molar-refractivity contribution in [1.82, 2.24) is 4.98 Å². The summed E-state index contributed by atoms with van der Waals surface area (Å²) in [7, 11) is 0. The number of ether oxygens (including phenoxy) is 1. The third kappa shape index (κ3) is 2.98. The first-order valence-electron chi connectivity index (χ1n) is 5.74. The maximum Gasteiger partial charge on any atom is 0.161 e. The van der Waals surface area contributed by atoms with Crippen LogP contribution >= 0.6 is 23.2 Å². The quantitative estimate of drug-likeness (QED) is 0.587. The van der Waals surface area contributed by atoms with Crippen molar-refractivity contribution >= 4 is 34.8 Å². The summed E-state index contributed by atoms with van der Waals surface area (Å²) in [6.07, 6.45) is 2.10. The minimum Gasteiger partial charge on any atom is -0.373 e. The van der Waals surface area contributed by atoms with Crippen LogP contribution in [0, 0.1) is 0 Å². The summed E-state index contributed by atoms with van der Waals surface area (Å²) in [6, 6.07) is 1.60. The molecule has 0 bridgehead atoms. The summed E-state index contributed by atoms with van der Waals surface area (Å²) >= 11 is 12.0. The number of nitrogen functional groups attached to an aromatic ring is 1. The van der Waals surface area contributed by atoms with Gasteiger partial charge in [0.25, 0.3) is 0 Å². The molecule has 0 amide bonds. The zero-order valence-corrected chi connectivity index (χ0v) is 11.6. The number of nitrogens with zero attached hydrogens (tertiary/aromatic N) is 1. The molecule has 0 saturated carbocycles. The van der Waals surface area contributed by atoms with E-state index in [1.807, 2.05) is 0 Å². The van der Waals surface area contributed by atoms with Crippen LogP contribution in [0.15, 0.2) is 6.07 Å². The van der Waals surface area contributed by atoms with Crippen LogP contribution in [-0.4, -0.2) is 23.7 Å². The van der Waals surface area contributed by atoms with Crippen LogP contribution < -0.4 is 16.6 Å². The summed E-state index contributed by atoms with van der Waals surface area (Å²) in [5.41, 5.74) is 2.26. The summed E-state index contributed by atoms with van der Waals surface area (Å²) in [5.74, 6) is 6.26. The fourth-order valence-electron chi connectivity index (χ4n) is 1.94. The van der Waals surface area contributed by atoms with Crippen LogP contribution in [0.25, 0.3) is 0 Å². The van der Waals surface area contributed by atoms with E-state index in [9.17, 15) is 0 Å². The predicted octanol–water partition coefficient (Wildman–Crippen LogP) is 2.66. The Kier molecular flexibility index (Phi) is 4.17. The van der Waals surface area contributed by atoms with Crippen molar-refractivity contribution in [3.05, 3.63) is 16.1 Å². The van der Waals surface area contributed by atoms with Crippen molar-refractivity contribution in [2.45, 2.75) is 25.4 Å². The van der Waals surface area contributed by atoms with Crippen LogP contribution in [0.2, 0.25) is 10.0 Å².